The second kappa shape index (κ2) is 30.7. The molecule has 418 valence electrons. The van der Waals surface area contributed by atoms with Gasteiger partial charge in [-0.15, -0.1) is 0 Å². The summed E-state index contributed by atoms with van der Waals surface area (Å²) in [5.74, 6) is -5.11. The summed E-state index contributed by atoms with van der Waals surface area (Å²) in [5.41, 5.74) is -0.174. The molecule has 0 spiro atoms. The highest BCUT2D eigenvalue weighted by Gasteiger charge is 2.42. The van der Waals surface area contributed by atoms with Gasteiger partial charge < -0.3 is 55.2 Å². The fourth-order valence-electron chi connectivity index (χ4n) is 8.42. The van der Waals surface area contributed by atoms with E-state index in [-0.39, 0.29) is 56.6 Å². The number of aliphatic hydroxyl groups is 1. The Morgan fingerprint density at radius 3 is 1.74 bits per heavy atom. The van der Waals surface area contributed by atoms with Crippen LogP contribution in [0.25, 0.3) is 0 Å². The van der Waals surface area contributed by atoms with Crippen LogP contribution in [0.5, 0.6) is 0 Å². The average Bonchev–Trinajstić information content (AvgIpc) is 3.35. The van der Waals surface area contributed by atoms with Gasteiger partial charge >= 0.3 is 0 Å². The maximum Gasteiger partial charge on any atom is 0.254 e. The monoisotopic (exact) mass is 1040 g/mol. The predicted molar refractivity (Wildman–Crippen MR) is 283 cm³/mol. The van der Waals surface area contributed by atoms with Crippen LogP contribution in [0.1, 0.15) is 120 Å². The molecule has 1 aliphatic rings. The van der Waals surface area contributed by atoms with E-state index in [2.05, 4.69) is 29.8 Å². The van der Waals surface area contributed by atoms with Crippen LogP contribution in [0.15, 0.2) is 30.3 Å². The van der Waals surface area contributed by atoms with Crippen molar-refractivity contribution in [3.8, 4) is 0 Å². The third-order valence-electron chi connectivity index (χ3n) is 13.2. The van der Waals surface area contributed by atoms with Gasteiger partial charge in [0.25, 0.3) is 11.8 Å². The highest BCUT2D eigenvalue weighted by Crippen LogP contribution is 2.19. The summed E-state index contributed by atoms with van der Waals surface area (Å²) in [6.07, 6.45) is 2.51. The number of aliphatic hydroxyl groups excluding tert-OH is 1. The van der Waals surface area contributed by atoms with Gasteiger partial charge in [-0.05, 0) is 89.5 Å². The van der Waals surface area contributed by atoms with Crippen LogP contribution in [-0.4, -0.2) is 204 Å². The number of benzene rings is 1. The number of carbonyl (C=O) groups is 9. The van der Waals surface area contributed by atoms with Crippen molar-refractivity contribution in [3.05, 3.63) is 35.9 Å². The molecule has 0 saturated carbocycles. The first-order valence-electron chi connectivity index (χ1n) is 26.3. The molecule has 0 aliphatic carbocycles. The number of rotatable bonds is 29. The van der Waals surface area contributed by atoms with Gasteiger partial charge in [0.15, 0.2) is 6.04 Å². The Labute approximate surface area is 441 Å². The van der Waals surface area contributed by atoms with Gasteiger partial charge in [0, 0.05) is 74.3 Å². The first kappa shape index (κ1) is 64.5. The molecular formula is C54H91N9O11. The van der Waals surface area contributed by atoms with Crippen molar-refractivity contribution < 1.29 is 53.0 Å². The maximum atomic E-state index is 14.9. The SMILES string of the molecule is CC(C)CCN(C)C(=O)CCN(C)C(=O)[C@H](NC(=O)[C@H](CC(C)C)N(C)C(=O)[C@H](COC(C)(C)C)NC(=O)[C@H](Cc1ccccc1)N(C)C(=O)[C@@H](NC(=O)[C@H](CC(C)C)N(C)C=O)[C@@H](C)O)C(=O)N1CCCCC1. The van der Waals surface area contributed by atoms with Crippen LogP contribution in [0.4, 0.5) is 0 Å². The molecule has 0 aromatic heterocycles. The van der Waals surface area contributed by atoms with Crippen LogP contribution in [-0.2, 0) is 54.3 Å². The second-order valence-corrected chi connectivity index (χ2v) is 22.2. The zero-order valence-corrected chi connectivity index (χ0v) is 47.1. The summed E-state index contributed by atoms with van der Waals surface area (Å²) < 4.78 is 6.10. The normalized spacial score (nSPS) is 15.7. The van der Waals surface area contributed by atoms with Crippen molar-refractivity contribution in [2.75, 3.05) is 68.0 Å². The Morgan fingerprint density at radius 1 is 0.676 bits per heavy atom. The van der Waals surface area contributed by atoms with Gasteiger partial charge in [0.1, 0.15) is 30.2 Å². The first-order valence-corrected chi connectivity index (χ1v) is 26.3. The quantitative estimate of drug-likeness (QED) is 0.0672. The van der Waals surface area contributed by atoms with Gasteiger partial charge in [0.2, 0.25) is 41.9 Å². The molecule has 1 aliphatic heterocycles. The van der Waals surface area contributed by atoms with E-state index in [1.807, 2.05) is 27.7 Å². The lowest BCUT2D eigenvalue weighted by Crippen LogP contribution is -2.63. The number of carbonyl (C=O) groups excluding carboxylic acids is 9. The number of hydrogen-bond acceptors (Lipinski definition) is 11. The topological polar surface area (TPSA) is 239 Å². The van der Waals surface area contributed by atoms with Crippen molar-refractivity contribution in [2.24, 2.45) is 17.8 Å². The Morgan fingerprint density at radius 2 is 1.22 bits per heavy atom. The van der Waals surface area contributed by atoms with Crippen molar-refractivity contribution in [2.45, 2.75) is 169 Å². The van der Waals surface area contributed by atoms with Crippen molar-refractivity contribution >= 4 is 53.7 Å². The first-order chi connectivity index (χ1) is 34.5. The minimum atomic E-state index is -1.66. The van der Waals surface area contributed by atoms with E-state index in [0.29, 0.717) is 37.5 Å². The molecule has 2 rings (SSSR count). The molecule has 0 unspecified atom stereocenters. The van der Waals surface area contributed by atoms with Crippen LogP contribution >= 0.6 is 0 Å². The zero-order chi connectivity index (χ0) is 56.2. The summed E-state index contributed by atoms with van der Waals surface area (Å²) in [5, 5.41) is 19.0. The Hall–Kier alpha value is -5.63. The fourth-order valence-corrected chi connectivity index (χ4v) is 8.42. The molecule has 1 saturated heterocycles. The number of nitrogens with one attached hydrogen (secondary N) is 3. The zero-order valence-electron chi connectivity index (χ0n) is 47.1. The van der Waals surface area contributed by atoms with Crippen molar-refractivity contribution in [1.82, 2.24) is 45.3 Å². The molecule has 1 aromatic rings. The Kier molecular flexibility index (Phi) is 26.7. The van der Waals surface area contributed by atoms with E-state index in [9.17, 15) is 48.3 Å². The molecule has 9 amide bonds. The van der Waals surface area contributed by atoms with E-state index >= 15 is 0 Å². The number of amides is 9. The van der Waals surface area contributed by atoms with E-state index in [1.165, 1.54) is 49.8 Å². The number of hydrogen-bond donors (Lipinski definition) is 4. The highest BCUT2D eigenvalue weighted by atomic mass is 16.5. The molecule has 1 heterocycles. The summed E-state index contributed by atoms with van der Waals surface area (Å²) in [7, 11) is 7.37. The molecule has 1 fully saturated rings. The minimum Gasteiger partial charge on any atom is -0.391 e. The maximum absolute atomic E-state index is 14.9. The lowest BCUT2D eigenvalue weighted by Gasteiger charge is -2.36. The van der Waals surface area contributed by atoms with Crippen LogP contribution in [0, 0.1) is 17.8 Å². The number of ether oxygens (including phenoxy) is 1. The van der Waals surface area contributed by atoms with Gasteiger partial charge in [-0.2, -0.15) is 0 Å². The summed E-state index contributed by atoms with van der Waals surface area (Å²) in [6, 6.07) is 0.597. The van der Waals surface area contributed by atoms with Gasteiger partial charge in [-0.1, -0.05) is 71.9 Å². The smallest absolute Gasteiger partial charge is 0.254 e. The highest BCUT2D eigenvalue weighted by molar-refractivity contribution is 6.07. The van der Waals surface area contributed by atoms with Crippen molar-refractivity contribution in [3.63, 3.8) is 0 Å². The van der Waals surface area contributed by atoms with E-state index in [0.717, 1.165) is 30.6 Å². The summed E-state index contributed by atoms with van der Waals surface area (Å²) in [4.78, 5) is 134. The lowest BCUT2D eigenvalue weighted by molar-refractivity contribution is -0.150. The molecule has 7 atom stereocenters. The third-order valence-corrected chi connectivity index (χ3v) is 13.2. The number of likely N-dealkylation sites (tertiary alicyclic amines) is 1. The predicted octanol–water partition coefficient (Wildman–Crippen LogP) is 2.45. The van der Waals surface area contributed by atoms with Crippen molar-refractivity contribution in [1.29, 1.82) is 0 Å². The number of piperidine rings is 1. The molecule has 0 radical (unpaired) electrons. The van der Waals surface area contributed by atoms with Gasteiger partial charge in [-0.25, -0.2) is 0 Å². The molecule has 20 nitrogen and oxygen atoms in total. The fraction of sp³-hybridized carbons (Fsp3) is 0.722. The van der Waals surface area contributed by atoms with E-state index in [1.54, 1.807) is 68.0 Å². The largest absolute Gasteiger partial charge is 0.391 e. The molecule has 0 bridgehead atoms. The van der Waals surface area contributed by atoms with E-state index in [4.69, 9.17) is 4.74 Å². The summed E-state index contributed by atoms with van der Waals surface area (Å²) >= 11 is 0. The molecule has 4 N–H and O–H groups in total. The number of likely N-dealkylation sites (N-methyl/N-ethyl adjacent to an activating group) is 4. The van der Waals surface area contributed by atoms with Crippen LogP contribution in [0.2, 0.25) is 0 Å². The minimum absolute atomic E-state index is 0.000614. The summed E-state index contributed by atoms with van der Waals surface area (Å²) in [6.45, 7) is 19.1. The molecule has 74 heavy (non-hydrogen) atoms. The van der Waals surface area contributed by atoms with Gasteiger partial charge in [-0.3, -0.25) is 43.2 Å². The standard InChI is InChI=1S/C54H91N9O11/c1-35(2)24-28-58(11)44(66)25-29-59(12)51(71)46(53(73)63-26-20-17-21-27-63)57-49(69)42(31-37(5)6)61(14)50(70)40(33-74-54(8,9)10)55-48(68)43(32-39-22-18-16-19-23-39)62(15)52(72)45(38(7)65)56-47(67)41(30-36(3)4)60(13)34-64/h16,18-19,22-23,34-38,40-43,45-46,65H,17,20-21,24-33H2,1-15H3,(H,55,68)(H,56,67)(H,57,69)/t38-,40+,41+,42+,43+,45+,46+/m1/s1. The lowest BCUT2D eigenvalue weighted by atomic mass is 9.99. The third kappa shape index (κ3) is 20.9. The van der Waals surface area contributed by atoms with Crippen LogP contribution in [0.3, 0.4) is 0 Å². The van der Waals surface area contributed by atoms with E-state index < -0.39 is 89.3 Å². The average molecular weight is 1040 g/mol. The second-order valence-electron chi connectivity index (χ2n) is 22.2. The van der Waals surface area contributed by atoms with Gasteiger partial charge in [0.05, 0.1) is 18.3 Å². The molecule has 20 heteroatoms. The molecular weight excluding hydrogens is 951 g/mol. The number of nitrogens with zero attached hydrogens (tertiary/aromatic N) is 6. The van der Waals surface area contributed by atoms with Crippen LogP contribution < -0.4 is 16.0 Å². The molecule has 1 aromatic carbocycles. The Bertz CT molecular complexity index is 2010. The Balaban J connectivity index is 2.59.